The average molecular weight is 358 g/mol. The van der Waals surface area contributed by atoms with E-state index in [4.69, 9.17) is 9.47 Å². The third-order valence-corrected chi connectivity index (χ3v) is 5.64. The van der Waals surface area contributed by atoms with Crippen LogP contribution < -0.4 is 20.0 Å². The van der Waals surface area contributed by atoms with Gasteiger partial charge in [-0.2, -0.15) is 0 Å². The van der Waals surface area contributed by atoms with Crippen molar-refractivity contribution in [2.75, 3.05) is 0 Å². The highest BCUT2D eigenvalue weighted by Crippen LogP contribution is 2.28. The molecule has 2 aromatic rings. The SMILES string of the molecule is CC(C)NC(=O)Oc1c(OCc2ccccc2)cccc1[Si](C)(C)C. The summed E-state index contributed by atoms with van der Waals surface area (Å²) in [5.41, 5.74) is 1.07. The quantitative estimate of drug-likeness (QED) is 0.784. The highest BCUT2D eigenvalue weighted by Gasteiger charge is 2.25. The van der Waals surface area contributed by atoms with Crippen LogP contribution in [-0.4, -0.2) is 20.2 Å². The van der Waals surface area contributed by atoms with E-state index >= 15 is 0 Å². The molecule has 0 atom stereocenters. The molecule has 4 nitrogen and oxygen atoms in total. The van der Waals surface area contributed by atoms with E-state index in [0.29, 0.717) is 18.1 Å². The number of ether oxygens (including phenoxy) is 2. The second kappa shape index (κ2) is 8.21. The lowest BCUT2D eigenvalue weighted by atomic mass is 10.2. The average Bonchev–Trinajstić information content (AvgIpc) is 2.53. The summed E-state index contributed by atoms with van der Waals surface area (Å²) in [6.45, 7) is 10.9. The topological polar surface area (TPSA) is 47.6 Å². The number of amides is 1. The van der Waals surface area contributed by atoms with Crippen LogP contribution >= 0.6 is 0 Å². The van der Waals surface area contributed by atoms with Crippen LogP contribution in [0, 0.1) is 0 Å². The molecular formula is C20H27NO3Si. The Bertz CT molecular complexity index is 709. The van der Waals surface area contributed by atoms with Crippen LogP contribution in [0.1, 0.15) is 19.4 Å². The molecule has 25 heavy (non-hydrogen) atoms. The van der Waals surface area contributed by atoms with Gasteiger partial charge in [-0.1, -0.05) is 62.1 Å². The van der Waals surface area contributed by atoms with Crippen molar-refractivity contribution in [3.05, 3.63) is 54.1 Å². The molecule has 134 valence electrons. The number of hydrogen-bond donors (Lipinski definition) is 1. The van der Waals surface area contributed by atoms with Gasteiger partial charge in [0.25, 0.3) is 0 Å². The van der Waals surface area contributed by atoms with Crippen LogP contribution in [0.25, 0.3) is 0 Å². The van der Waals surface area contributed by atoms with Crippen molar-refractivity contribution in [2.45, 2.75) is 46.1 Å². The number of nitrogens with one attached hydrogen (secondary N) is 1. The first-order chi connectivity index (χ1) is 11.8. The molecule has 0 unspecified atom stereocenters. The van der Waals surface area contributed by atoms with E-state index in [-0.39, 0.29) is 6.04 Å². The zero-order valence-corrected chi connectivity index (χ0v) is 16.6. The van der Waals surface area contributed by atoms with E-state index in [0.717, 1.165) is 10.8 Å². The van der Waals surface area contributed by atoms with E-state index in [1.165, 1.54) is 0 Å². The van der Waals surface area contributed by atoms with E-state index in [2.05, 4.69) is 25.0 Å². The first-order valence-electron chi connectivity index (χ1n) is 8.56. The molecule has 0 aliphatic heterocycles. The van der Waals surface area contributed by atoms with E-state index in [9.17, 15) is 4.79 Å². The Morgan fingerprint density at radius 3 is 2.32 bits per heavy atom. The molecule has 0 saturated heterocycles. The highest BCUT2D eigenvalue weighted by molar-refractivity contribution is 6.89. The molecule has 0 aliphatic rings. The van der Waals surface area contributed by atoms with Crippen molar-refractivity contribution in [1.29, 1.82) is 0 Å². The Balaban J connectivity index is 2.29. The summed E-state index contributed by atoms with van der Waals surface area (Å²) in [6.07, 6.45) is -0.453. The molecule has 0 saturated carbocycles. The van der Waals surface area contributed by atoms with Gasteiger partial charge in [0.05, 0.1) is 8.07 Å². The van der Waals surface area contributed by atoms with Crippen LogP contribution in [0.3, 0.4) is 0 Å². The maximum Gasteiger partial charge on any atom is 0.412 e. The van der Waals surface area contributed by atoms with Gasteiger partial charge in [-0.05, 0) is 30.7 Å². The zero-order chi connectivity index (χ0) is 18.4. The Morgan fingerprint density at radius 1 is 1.04 bits per heavy atom. The van der Waals surface area contributed by atoms with Crippen LogP contribution in [0.15, 0.2) is 48.5 Å². The van der Waals surface area contributed by atoms with Crippen LogP contribution in [0.2, 0.25) is 19.6 Å². The zero-order valence-electron chi connectivity index (χ0n) is 15.6. The van der Waals surface area contributed by atoms with Crippen LogP contribution in [0.4, 0.5) is 4.79 Å². The lowest BCUT2D eigenvalue weighted by Gasteiger charge is -2.23. The minimum Gasteiger partial charge on any atom is -0.485 e. The van der Waals surface area contributed by atoms with Gasteiger partial charge in [0.2, 0.25) is 0 Å². The van der Waals surface area contributed by atoms with Gasteiger partial charge < -0.3 is 14.8 Å². The molecular weight excluding hydrogens is 330 g/mol. The van der Waals surface area contributed by atoms with Gasteiger partial charge in [-0.25, -0.2) is 4.79 Å². The summed E-state index contributed by atoms with van der Waals surface area (Å²) in [6, 6.07) is 15.8. The molecule has 0 heterocycles. The largest absolute Gasteiger partial charge is 0.485 e. The molecule has 0 radical (unpaired) electrons. The molecule has 1 N–H and O–H groups in total. The predicted molar refractivity (Wildman–Crippen MR) is 104 cm³/mol. The molecule has 0 bridgehead atoms. The Hall–Kier alpha value is -2.27. The maximum atomic E-state index is 12.2. The van der Waals surface area contributed by atoms with Crippen LogP contribution in [-0.2, 0) is 6.61 Å². The normalized spacial score (nSPS) is 11.3. The Labute approximate surface area is 151 Å². The fraction of sp³-hybridized carbons (Fsp3) is 0.350. The van der Waals surface area contributed by atoms with E-state index < -0.39 is 14.2 Å². The van der Waals surface area contributed by atoms with E-state index in [1.807, 2.05) is 62.4 Å². The number of carbonyl (C=O) groups excluding carboxylic acids is 1. The second-order valence-corrected chi connectivity index (χ2v) is 12.4. The van der Waals surface area contributed by atoms with Crippen LogP contribution in [0.5, 0.6) is 11.5 Å². The summed E-state index contributed by atoms with van der Waals surface area (Å²) in [7, 11) is -1.71. The molecule has 0 aliphatic carbocycles. The molecule has 0 spiro atoms. The molecule has 2 rings (SSSR count). The van der Waals surface area contributed by atoms with Gasteiger partial charge in [0, 0.05) is 6.04 Å². The van der Waals surface area contributed by atoms with Crippen molar-refractivity contribution in [3.8, 4) is 11.5 Å². The van der Waals surface area contributed by atoms with Gasteiger partial charge in [-0.15, -0.1) is 0 Å². The number of carbonyl (C=O) groups is 1. The number of hydrogen-bond acceptors (Lipinski definition) is 3. The monoisotopic (exact) mass is 357 g/mol. The van der Waals surface area contributed by atoms with Gasteiger partial charge in [-0.3, -0.25) is 0 Å². The number of benzene rings is 2. The maximum absolute atomic E-state index is 12.2. The van der Waals surface area contributed by atoms with Crippen molar-refractivity contribution in [3.63, 3.8) is 0 Å². The highest BCUT2D eigenvalue weighted by atomic mass is 28.3. The van der Waals surface area contributed by atoms with Gasteiger partial charge in [0.15, 0.2) is 11.5 Å². The summed E-state index contributed by atoms with van der Waals surface area (Å²) in [4.78, 5) is 12.2. The lowest BCUT2D eigenvalue weighted by Crippen LogP contribution is -2.41. The summed E-state index contributed by atoms with van der Waals surface area (Å²) in [5.74, 6) is 1.14. The van der Waals surface area contributed by atoms with Crippen molar-refractivity contribution < 1.29 is 14.3 Å². The lowest BCUT2D eigenvalue weighted by molar-refractivity contribution is 0.194. The third kappa shape index (κ3) is 5.64. The Morgan fingerprint density at radius 2 is 1.72 bits per heavy atom. The first-order valence-corrected chi connectivity index (χ1v) is 12.1. The standard InChI is InChI=1S/C20H27NO3Si/c1-15(2)21-20(22)24-19-17(12-9-13-18(19)25(3,4)5)23-14-16-10-7-6-8-11-16/h6-13,15H,14H2,1-5H3,(H,21,22). The minimum absolute atomic E-state index is 0.0141. The van der Waals surface area contributed by atoms with Crippen molar-refractivity contribution >= 4 is 19.4 Å². The Kier molecular flexibility index (Phi) is 6.25. The van der Waals surface area contributed by atoms with E-state index in [1.54, 1.807) is 0 Å². The van der Waals surface area contributed by atoms with Crippen molar-refractivity contribution in [1.82, 2.24) is 5.32 Å². The minimum atomic E-state index is -1.71. The number of rotatable bonds is 6. The third-order valence-electron chi connectivity index (χ3n) is 3.63. The predicted octanol–water partition coefficient (Wildman–Crippen LogP) is 4.31. The van der Waals surface area contributed by atoms with Crippen molar-refractivity contribution in [2.24, 2.45) is 0 Å². The molecule has 0 aromatic heterocycles. The molecule has 2 aromatic carbocycles. The fourth-order valence-electron chi connectivity index (χ4n) is 2.42. The molecule has 1 amide bonds. The summed E-state index contributed by atoms with van der Waals surface area (Å²) < 4.78 is 11.6. The fourth-order valence-corrected chi connectivity index (χ4v) is 3.87. The summed E-state index contributed by atoms with van der Waals surface area (Å²) >= 11 is 0. The molecule has 0 fully saturated rings. The first kappa shape index (κ1) is 19.1. The summed E-state index contributed by atoms with van der Waals surface area (Å²) in [5, 5.41) is 3.84. The second-order valence-electron chi connectivity index (χ2n) is 7.35. The smallest absolute Gasteiger partial charge is 0.412 e. The van der Waals surface area contributed by atoms with Gasteiger partial charge in [0.1, 0.15) is 6.61 Å². The molecule has 5 heteroatoms. The number of para-hydroxylation sites is 1. The van der Waals surface area contributed by atoms with Gasteiger partial charge >= 0.3 is 6.09 Å².